The van der Waals surface area contributed by atoms with Crippen LogP contribution in [0.4, 0.5) is 0 Å². The Morgan fingerprint density at radius 1 is 1.17 bits per heavy atom. The summed E-state index contributed by atoms with van der Waals surface area (Å²) in [6, 6.07) is 3.43. The number of methoxy groups -OCH3 is 3. The van der Waals surface area contributed by atoms with Crippen molar-refractivity contribution in [1.29, 1.82) is 0 Å². The Morgan fingerprint density at radius 2 is 1.67 bits per heavy atom. The van der Waals surface area contributed by atoms with Gasteiger partial charge in [-0.25, -0.2) is 0 Å². The predicted octanol–water partition coefficient (Wildman–Crippen LogP) is 1.98. The van der Waals surface area contributed by atoms with E-state index in [1.54, 1.807) is 26.2 Å². The van der Waals surface area contributed by atoms with Crippen molar-refractivity contribution >= 4 is 5.97 Å². The lowest BCUT2D eigenvalue weighted by atomic mass is 9.99. The van der Waals surface area contributed by atoms with Gasteiger partial charge in [0.05, 0.1) is 27.2 Å². The highest BCUT2D eigenvalue weighted by Gasteiger charge is 2.19. The number of rotatable bonds is 6. The van der Waals surface area contributed by atoms with Gasteiger partial charge in [-0.15, -0.1) is 0 Å². The minimum absolute atomic E-state index is 0.339. The molecule has 1 aromatic rings. The maximum absolute atomic E-state index is 10.9. The fourth-order valence-electron chi connectivity index (χ4n) is 1.67. The monoisotopic (exact) mass is 254 g/mol. The molecule has 0 heterocycles. The highest BCUT2D eigenvalue weighted by molar-refractivity contribution is 5.70. The maximum Gasteiger partial charge on any atom is 0.306 e. The van der Waals surface area contributed by atoms with E-state index in [1.165, 1.54) is 14.2 Å². The number of carboxylic acids is 1. The van der Waals surface area contributed by atoms with Gasteiger partial charge in [-0.1, -0.05) is 6.92 Å². The van der Waals surface area contributed by atoms with Crippen molar-refractivity contribution in [1.82, 2.24) is 0 Å². The van der Waals surface area contributed by atoms with Gasteiger partial charge in [0.25, 0.3) is 0 Å². The molecule has 0 aliphatic carbocycles. The van der Waals surface area contributed by atoms with Crippen LogP contribution in [0.15, 0.2) is 12.1 Å². The van der Waals surface area contributed by atoms with Gasteiger partial charge in [-0.2, -0.15) is 0 Å². The molecule has 5 heteroatoms. The summed E-state index contributed by atoms with van der Waals surface area (Å²) in [6.07, 6.45) is 0.339. The third-order valence-electron chi connectivity index (χ3n) is 2.75. The molecule has 1 atom stereocenters. The van der Waals surface area contributed by atoms with Gasteiger partial charge in [0.2, 0.25) is 0 Å². The Bertz CT molecular complexity index is 402. The number of benzene rings is 1. The van der Waals surface area contributed by atoms with Crippen LogP contribution in [0.25, 0.3) is 0 Å². The van der Waals surface area contributed by atoms with Crippen LogP contribution in [0, 0.1) is 5.92 Å². The molecule has 0 bridgehead atoms. The van der Waals surface area contributed by atoms with Gasteiger partial charge in [-0.3, -0.25) is 4.79 Å². The molecule has 1 aromatic carbocycles. The molecule has 1 rings (SSSR count). The van der Waals surface area contributed by atoms with E-state index in [0.717, 1.165) is 5.56 Å². The SMILES string of the molecule is COc1cc(OC)c(CC(C)C(=O)O)c(OC)c1. The van der Waals surface area contributed by atoms with Crippen LogP contribution in [0.2, 0.25) is 0 Å². The number of hydrogen-bond acceptors (Lipinski definition) is 4. The van der Waals surface area contributed by atoms with Crippen LogP contribution in [-0.2, 0) is 11.2 Å². The summed E-state index contributed by atoms with van der Waals surface area (Å²) in [4.78, 5) is 10.9. The van der Waals surface area contributed by atoms with E-state index in [-0.39, 0.29) is 0 Å². The average Bonchev–Trinajstić information content (AvgIpc) is 2.38. The predicted molar refractivity (Wildman–Crippen MR) is 66.6 cm³/mol. The first-order valence-electron chi connectivity index (χ1n) is 5.55. The van der Waals surface area contributed by atoms with Crippen molar-refractivity contribution in [2.75, 3.05) is 21.3 Å². The first-order chi connectivity index (χ1) is 8.53. The van der Waals surface area contributed by atoms with Crippen LogP contribution in [0.1, 0.15) is 12.5 Å². The number of carboxylic acid groups (broad SMARTS) is 1. The molecule has 0 amide bonds. The maximum atomic E-state index is 10.9. The molecule has 0 fully saturated rings. The van der Waals surface area contributed by atoms with Crippen molar-refractivity contribution in [2.45, 2.75) is 13.3 Å². The zero-order chi connectivity index (χ0) is 13.7. The summed E-state index contributed by atoms with van der Waals surface area (Å²) in [6.45, 7) is 1.64. The molecule has 0 aliphatic heterocycles. The average molecular weight is 254 g/mol. The van der Waals surface area contributed by atoms with Crippen LogP contribution in [0.3, 0.4) is 0 Å². The lowest BCUT2D eigenvalue weighted by molar-refractivity contribution is -0.141. The van der Waals surface area contributed by atoms with Crippen LogP contribution in [-0.4, -0.2) is 32.4 Å². The Labute approximate surface area is 106 Å². The van der Waals surface area contributed by atoms with Gasteiger partial charge in [0.1, 0.15) is 17.2 Å². The van der Waals surface area contributed by atoms with Gasteiger partial charge in [-0.05, 0) is 6.42 Å². The van der Waals surface area contributed by atoms with Crippen molar-refractivity contribution in [3.05, 3.63) is 17.7 Å². The summed E-state index contributed by atoms with van der Waals surface area (Å²) in [5.41, 5.74) is 0.732. The minimum Gasteiger partial charge on any atom is -0.496 e. The second kappa shape index (κ2) is 6.14. The molecule has 0 aromatic heterocycles. The van der Waals surface area contributed by atoms with E-state index in [1.807, 2.05) is 0 Å². The second-order valence-electron chi connectivity index (χ2n) is 3.95. The molecule has 100 valence electrons. The van der Waals surface area contributed by atoms with Gasteiger partial charge >= 0.3 is 5.97 Å². The number of aliphatic carboxylic acids is 1. The van der Waals surface area contributed by atoms with E-state index in [9.17, 15) is 4.79 Å². The quantitative estimate of drug-likeness (QED) is 0.840. The van der Waals surface area contributed by atoms with Crippen LogP contribution in [0.5, 0.6) is 17.2 Å². The van der Waals surface area contributed by atoms with Crippen molar-refractivity contribution < 1.29 is 24.1 Å². The lowest BCUT2D eigenvalue weighted by Crippen LogP contribution is -2.13. The fraction of sp³-hybridized carbons (Fsp3) is 0.462. The largest absolute Gasteiger partial charge is 0.496 e. The van der Waals surface area contributed by atoms with Crippen LogP contribution >= 0.6 is 0 Å². The van der Waals surface area contributed by atoms with Crippen molar-refractivity contribution in [3.8, 4) is 17.2 Å². The highest BCUT2D eigenvalue weighted by atomic mass is 16.5. The molecule has 0 saturated carbocycles. The van der Waals surface area contributed by atoms with Gasteiger partial charge in [0, 0.05) is 17.7 Å². The van der Waals surface area contributed by atoms with Crippen molar-refractivity contribution in [3.63, 3.8) is 0 Å². The highest BCUT2D eigenvalue weighted by Crippen LogP contribution is 2.35. The summed E-state index contributed by atoms with van der Waals surface area (Å²) in [7, 11) is 4.61. The normalized spacial score (nSPS) is 11.8. The number of carbonyl (C=O) groups is 1. The molecular weight excluding hydrogens is 236 g/mol. The first kappa shape index (κ1) is 14.2. The van der Waals surface area contributed by atoms with E-state index >= 15 is 0 Å². The molecule has 18 heavy (non-hydrogen) atoms. The Kier molecular flexibility index (Phi) is 4.83. The van der Waals surface area contributed by atoms with E-state index in [4.69, 9.17) is 19.3 Å². The van der Waals surface area contributed by atoms with E-state index in [0.29, 0.717) is 23.7 Å². The first-order valence-corrected chi connectivity index (χ1v) is 5.55. The van der Waals surface area contributed by atoms with Crippen LogP contribution < -0.4 is 14.2 Å². The number of ether oxygens (including phenoxy) is 3. The van der Waals surface area contributed by atoms with Crippen molar-refractivity contribution in [2.24, 2.45) is 5.92 Å². The molecule has 5 nitrogen and oxygen atoms in total. The topological polar surface area (TPSA) is 65.0 Å². The Hall–Kier alpha value is -1.91. The van der Waals surface area contributed by atoms with Gasteiger partial charge < -0.3 is 19.3 Å². The molecule has 1 N–H and O–H groups in total. The zero-order valence-corrected chi connectivity index (χ0v) is 11.0. The fourth-order valence-corrected chi connectivity index (χ4v) is 1.67. The second-order valence-corrected chi connectivity index (χ2v) is 3.95. The molecular formula is C13H18O5. The Balaban J connectivity index is 3.18. The smallest absolute Gasteiger partial charge is 0.306 e. The van der Waals surface area contributed by atoms with E-state index < -0.39 is 11.9 Å². The number of hydrogen-bond donors (Lipinski definition) is 1. The standard InChI is InChI=1S/C13H18O5/c1-8(13(14)15)5-10-11(17-3)6-9(16-2)7-12(10)18-4/h6-8H,5H2,1-4H3,(H,14,15). The third kappa shape index (κ3) is 3.06. The summed E-state index contributed by atoms with van der Waals surface area (Å²) in [5, 5.41) is 8.96. The molecule has 0 saturated heterocycles. The molecule has 1 unspecified atom stereocenters. The summed E-state index contributed by atoms with van der Waals surface area (Å²) in [5.74, 6) is 0.380. The molecule has 0 aliphatic rings. The molecule has 0 radical (unpaired) electrons. The third-order valence-corrected chi connectivity index (χ3v) is 2.75. The van der Waals surface area contributed by atoms with E-state index in [2.05, 4.69) is 0 Å². The Morgan fingerprint density at radius 3 is 2.00 bits per heavy atom. The van der Waals surface area contributed by atoms with Gasteiger partial charge in [0.15, 0.2) is 0 Å². The zero-order valence-electron chi connectivity index (χ0n) is 11.0. The summed E-state index contributed by atoms with van der Waals surface area (Å²) < 4.78 is 15.6. The lowest BCUT2D eigenvalue weighted by Gasteiger charge is -2.16. The molecule has 0 spiro atoms. The minimum atomic E-state index is -0.852. The summed E-state index contributed by atoms with van der Waals surface area (Å²) >= 11 is 0.